The molecule has 4 nitrogen and oxygen atoms in total. The van der Waals surface area contributed by atoms with Crippen molar-refractivity contribution in [3.05, 3.63) is 28.5 Å². The van der Waals surface area contributed by atoms with Crippen LogP contribution in [-0.4, -0.2) is 21.2 Å². The predicted molar refractivity (Wildman–Crippen MR) is 65.4 cm³/mol. The van der Waals surface area contributed by atoms with Crippen LogP contribution in [0.4, 0.5) is 0 Å². The van der Waals surface area contributed by atoms with E-state index in [1.165, 1.54) is 0 Å². The molecule has 2 N–H and O–H groups in total. The minimum atomic E-state index is -0.923. The van der Waals surface area contributed by atoms with E-state index in [-0.39, 0.29) is 5.92 Å². The number of carbonyl (C=O) groups is 1. The van der Waals surface area contributed by atoms with Crippen LogP contribution in [0.1, 0.15) is 31.2 Å². The zero-order valence-corrected chi connectivity index (χ0v) is 10.9. The van der Waals surface area contributed by atoms with Crippen LogP contribution in [-0.2, 0) is 10.4 Å². The highest BCUT2D eigenvalue weighted by molar-refractivity contribution is 9.10. The van der Waals surface area contributed by atoms with Gasteiger partial charge in [-0.25, -0.2) is 0 Å². The molecular formula is C12H14BrNO3. The number of pyridine rings is 1. The summed E-state index contributed by atoms with van der Waals surface area (Å²) < 4.78 is 0.774. The van der Waals surface area contributed by atoms with Gasteiger partial charge in [-0.15, -0.1) is 0 Å². The molecule has 1 fully saturated rings. The smallest absolute Gasteiger partial charge is 0.306 e. The summed E-state index contributed by atoms with van der Waals surface area (Å²) in [4.78, 5) is 14.8. The number of carboxylic acid groups (broad SMARTS) is 1. The van der Waals surface area contributed by atoms with Crippen molar-refractivity contribution in [1.29, 1.82) is 0 Å². The van der Waals surface area contributed by atoms with Gasteiger partial charge in [-0.3, -0.25) is 9.78 Å². The molecular weight excluding hydrogens is 286 g/mol. The monoisotopic (exact) mass is 299 g/mol. The summed E-state index contributed by atoms with van der Waals surface area (Å²) in [6.45, 7) is 0. The normalized spacial score (nSPS) is 28.9. The van der Waals surface area contributed by atoms with Crippen LogP contribution in [0, 0.1) is 5.92 Å². The second kappa shape index (κ2) is 4.74. The Morgan fingerprint density at radius 3 is 2.65 bits per heavy atom. The number of nitrogens with zero attached hydrogens (tertiary/aromatic N) is 1. The van der Waals surface area contributed by atoms with Crippen LogP contribution in [0.15, 0.2) is 22.9 Å². The first-order chi connectivity index (χ1) is 8.03. The van der Waals surface area contributed by atoms with Crippen molar-refractivity contribution in [2.45, 2.75) is 31.3 Å². The van der Waals surface area contributed by atoms with Gasteiger partial charge >= 0.3 is 5.97 Å². The third kappa shape index (κ3) is 2.50. The third-order valence-corrected chi connectivity index (χ3v) is 4.07. The topological polar surface area (TPSA) is 70.4 Å². The van der Waals surface area contributed by atoms with Crippen molar-refractivity contribution in [2.75, 3.05) is 0 Å². The van der Waals surface area contributed by atoms with Crippen molar-refractivity contribution in [3.8, 4) is 0 Å². The molecule has 0 spiro atoms. The van der Waals surface area contributed by atoms with Gasteiger partial charge in [0.25, 0.3) is 0 Å². The average molecular weight is 300 g/mol. The summed E-state index contributed by atoms with van der Waals surface area (Å²) in [6, 6.07) is 1.78. The van der Waals surface area contributed by atoms with Crippen LogP contribution >= 0.6 is 15.9 Å². The largest absolute Gasteiger partial charge is 0.481 e. The second-order valence-corrected chi connectivity index (χ2v) is 5.35. The van der Waals surface area contributed by atoms with E-state index in [9.17, 15) is 9.90 Å². The molecule has 1 heterocycles. The Labute approximate surface area is 108 Å². The van der Waals surface area contributed by atoms with Gasteiger partial charge in [-0.05, 0) is 47.7 Å². The summed E-state index contributed by atoms with van der Waals surface area (Å²) in [7, 11) is 0. The first kappa shape index (κ1) is 12.5. The number of hydrogen-bond acceptors (Lipinski definition) is 3. The number of aliphatic hydroxyl groups is 1. The Balaban J connectivity index is 2.18. The Bertz CT molecular complexity index is 428. The minimum Gasteiger partial charge on any atom is -0.481 e. The van der Waals surface area contributed by atoms with Gasteiger partial charge in [0.2, 0.25) is 0 Å². The first-order valence-electron chi connectivity index (χ1n) is 5.58. The Kier molecular flexibility index (Phi) is 3.49. The molecule has 5 heteroatoms. The first-order valence-corrected chi connectivity index (χ1v) is 6.37. The summed E-state index contributed by atoms with van der Waals surface area (Å²) in [5, 5.41) is 19.5. The molecule has 0 atom stereocenters. The predicted octanol–water partition coefficient (Wildman–Crippen LogP) is 2.31. The molecule has 0 aliphatic heterocycles. The summed E-state index contributed by atoms with van der Waals surface area (Å²) in [6.07, 6.45) is 5.28. The van der Waals surface area contributed by atoms with Crippen LogP contribution in [0.25, 0.3) is 0 Å². The molecule has 0 unspecified atom stereocenters. The van der Waals surface area contributed by atoms with E-state index in [0.29, 0.717) is 25.7 Å². The molecule has 1 saturated carbocycles. The van der Waals surface area contributed by atoms with Gasteiger partial charge in [0.1, 0.15) is 0 Å². The quantitative estimate of drug-likeness (QED) is 0.879. The second-order valence-electron chi connectivity index (χ2n) is 4.50. The standard InChI is InChI=1S/C12H14BrNO3/c13-10-7-14-6-3-9(10)12(17)4-1-8(2-5-12)11(15)16/h3,6-8,17H,1-2,4-5H2,(H,15,16). The molecule has 1 aliphatic carbocycles. The van der Waals surface area contributed by atoms with Gasteiger partial charge in [-0.2, -0.15) is 0 Å². The lowest BCUT2D eigenvalue weighted by molar-refractivity contribution is -0.145. The van der Waals surface area contributed by atoms with E-state index in [4.69, 9.17) is 5.11 Å². The molecule has 0 radical (unpaired) electrons. The number of carboxylic acids is 1. The third-order valence-electron chi connectivity index (χ3n) is 3.44. The van der Waals surface area contributed by atoms with Gasteiger partial charge in [-0.1, -0.05) is 0 Å². The van der Waals surface area contributed by atoms with E-state index < -0.39 is 11.6 Å². The number of aromatic nitrogens is 1. The Morgan fingerprint density at radius 2 is 2.12 bits per heavy atom. The Hall–Kier alpha value is -0.940. The lowest BCUT2D eigenvalue weighted by Crippen LogP contribution is -2.34. The van der Waals surface area contributed by atoms with Crippen LogP contribution in [0.3, 0.4) is 0 Å². The molecule has 1 aromatic rings. The fraction of sp³-hybridized carbons (Fsp3) is 0.500. The van der Waals surface area contributed by atoms with Gasteiger partial charge in [0, 0.05) is 22.4 Å². The zero-order valence-electron chi connectivity index (χ0n) is 9.27. The number of aliphatic carboxylic acids is 1. The number of rotatable bonds is 2. The minimum absolute atomic E-state index is 0.323. The number of hydrogen-bond donors (Lipinski definition) is 2. The van der Waals surface area contributed by atoms with E-state index in [0.717, 1.165) is 10.0 Å². The molecule has 0 bridgehead atoms. The fourth-order valence-corrected chi connectivity index (χ4v) is 2.98. The van der Waals surface area contributed by atoms with Crippen LogP contribution < -0.4 is 0 Å². The summed E-state index contributed by atoms with van der Waals surface area (Å²) in [5.41, 5.74) is -0.121. The Morgan fingerprint density at radius 1 is 1.47 bits per heavy atom. The molecule has 0 saturated heterocycles. The summed E-state index contributed by atoms with van der Waals surface area (Å²) >= 11 is 3.37. The van der Waals surface area contributed by atoms with Crippen molar-refractivity contribution >= 4 is 21.9 Å². The van der Waals surface area contributed by atoms with Crippen LogP contribution in [0.5, 0.6) is 0 Å². The van der Waals surface area contributed by atoms with E-state index >= 15 is 0 Å². The van der Waals surface area contributed by atoms with E-state index in [1.807, 2.05) is 0 Å². The maximum atomic E-state index is 10.9. The van der Waals surface area contributed by atoms with Crippen molar-refractivity contribution in [1.82, 2.24) is 4.98 Å². The number of halogens is 1. The van der Waals surface area contributed by atoms with Gasteiger partial charge in [0.05, 0.1) is 11.5 Å². The SMILES string of the molecule is O=C(O)C1CCC(O)(c2ccncc2Br)CC1. The van der Waals surface area contributed by atoms with Gasteiger partial charge in [0.15, 0.2) is 0 Å². The highest BCUT2D eigenvalue weighted by atomic mass is 79.9. The summed E-state index contributed by atoms with van der Waals surface area (Å²) in [5.74, 6) is -1.09. The molecule has 2 rings (SSSR count). The van der Waals surface area contributed by atoms with Crippen LogP contribution in [0.2, 0.25) is 0 Å². The van der Waals surface area contributed by atoms with E-state index in [2.05, 4.69) is 20.9 Å². The van der Waals surface area contributed by atoms with Gasteiger partial charge < -0.3 is 10.2 Å². The highest BCUT2D eigenvalue weighted by Gasteiger charge is 2.38. The van der Waals surface area contributed by atoms with Crippen molar-refractivity contribution < 1.29 is 15.0 Å². The zero-order chi connectivity index (χ0) is 12.5. The fourth-order valence-electron chi connectivity index (χ4n) is 2.36. The van der Waals surface area contributed by atoms with E-state index in [1.54, 1.807) is 18.5 Å². The molecule has 0 amide bonds. The molecule has 1 aromatic heterocycles. The molecule has 92 valence electrons. The highest BCUT2D eigenvalue weighted by Crippen LogP contribution is 2.41. The maximum absolute atomic E-state index is 10.9. The van der Waals surface area contributed by atoms with Crippen molar-refractivity contribution in [3.63, 3.8) is 0 Å². The lowest BCUT2D eigenvalue weighted by atomic mass is 9.75. The van der Waals surface area contributed by atoms with Crippen molar-refractivity contribution in [2.24, 2.45) is 5.92 Å². The average Bonchev–Trinajstić information content (AvgIpc) is 2.30. The molecule has 0 aromatic carbocycles. The lowest BCUT2D eigenvalue weighted by Gasteiger charge is -2.35. The maximum Gasteiger partial charge on any atom is 0.306 e. The molecule has 17 heavy (non-hydrogen) atoms. The molecule has 1 aliphatic rings.